The topological polar surface area (TPSA) is 67.5 Å². The van der Waals surface area contributed by atoms with E-state index in [1.165, 1.54) is 0 Å². The summed E-state index contributed by atoms with van der Waals surface area (Å²) in [5.74, 6) is -0.292. The van der Waals surface area contributed by atoms with Gasteiger partial charge in [-0.05, 0) is 30.5 Å². The van der Waals surface area contributed by atoms with Crippen molar-refractivity contribution in [2.24, 2.45) is 10.7 Å². The number of alkyl halides is 2. The molecule has 2 rings (SSSR count). The zero-order valence-electron chi connectivity index (χ0n) is 10.3. The quantitative estimate of drug-likeness (QED) is 0.820. The Hall–Kier alpha value is -1.98. The van der Waals surface area contributed by atoms with Crippen molar-refractivity contribution in [1.29, 1.82) is 0 Å². The molecule has 3 N–H and O–H groups in total. The number of hydrogen-bond acceptors (Lipinski definition) is 3. The predicted octanol–water partition coefficient (Wildman–Crippen LogP) is 2.12. The van der Waals surface area contributed by atoms with E-state index in [1.807, 2.05) is 6.07 Å². The van der Waals surface area contributed by atoms with E-state index in [4.69, 9.17) is 5.73 Å². The third-order valence-electron chi connectivity index (χ3n) is 3.28. The molecule has 0 fully saturated rings. The highest BCUT2D eigenvalue weighted by Gasteiger charge is 2.39. The van der Waals surface area contributed by atoms with Gasteiger partial charge in [0.2, 0.25) is 6.41 Å². The lowest BCUT2D eigenvalue weighted by molar-refractivity contribution is -0.105. The van der Waals surface area contributed by atoms with Crippen molar-refractivity contribution in [3.05, 3.63) is 29.8 Å². The summed E-state index contributed by atoms with van der Waals surface area (Å²) in [4.78, 5) is 14.4. The van der Waals surface area contributed by atoms with Gasteiger partial charge in [-0.1, -0.05) is 12.1 Å². The maximum Gasteiger partial charge on any atom is 0.211 e. The van der Waals surface area contributed by atoms with Gasteiger partial charge < -0.3 is 11.1 Å². The number of carbonyl (C=O) groups is 1. The van der Waals surface area contributed by atoms with Gasteiger partial charge in [0.05, 0.1) is 6.04 Å². The molecule has 0 aliphatic carbocycles. The molecule has 0 spiro atoms. The van der Waals surface area contributed by atoms with Gasteiger partial charge in [0.15, 0.2) is 5.67 Å². The molecule has 0 aromatic heterocycles. The second kappa shape index (κ2) is 5.34. The van der Waals surface area contributed by atoms with E-state index in [0.29, 0.717) is 18.5 Å². The minimum Gasteiger partial charge on any atom is -0.385 e. The van der Waals surface area contributed by atoms with Crippen LogP contribution in [0.4, 0.5) is 14.5 Å². The number of amides is 1. The number of amidine groups is 1. The Morgan fingerprint density at radius 1 is 1.58 bits per heavy atom. The average Bonchev–Trinajstić information content (AvgIpc) is 2.43. The summed E-state index contributed by atoms with van der Waals surface area (Å²) in [6.07, 6.45) is 0.966. The number of nitrogens with zero attached hydrogens (tertiary/aromatic N) is 1. The summed E-state index contributed by atoms with van der Waals surface area (Å²) in [6, 6.07) is 6.76. The first-order valence-electron chi connectivity index (χ1n) is 5.98. The maximum atomic E-state index is 13.9. The minimum absolute atomic E-state index is 0.00877. The predicted molar refractivity (Wildman–Crippen MR) is 69.5 cm³/mol. The van der Waals surface area contributed by atoms with Gasteiger partial charge in [-0.25, -0.2) is 8.78 Å². The lowest BCUT2D eigenvalue weighted by atomic mass is 9.90. The summed E-state index contributed by atoms with van der Waals surface area (Å²) < 4.78 is 26.5. The van der Waals surface area contributed by atoms with Gasteiger partial charge in [0.25, 0.3) is 0 Å². The summed E-state index contributed by atoms with van der Waals surface area (Å²) >= 11 is 0. The molecular formula is C13H15F2N3O. The molecule has 6 heteroatoms. The number of nitrogens with two attached hydrogens (primary N) is 1. The first kappa shape index (κ1) is 13.5. The van der Waals surface area contributed by atoms with E-state index in [0.717, 1.165) is 5.56 Å². The van der Waals surface area contributed by atoms with Crippen LogP contribution in [0.1, 0.15) is 24.4 Å². The molecule has 1 aliphatic heterocycles. The molecule has 1 aromatic rings. The SMILES string of the molecule is NC1=NC(c2cccc(NC=O)c2)CCC1(F)CF. The van der Waals surface area contributed by atoms with Crippen LogP contribution in [-0.4, -0.2) is 24.6 Å². The number of rotatable bonds is 4. The largest absolute Gasteiger partial charge is 0.385 e. The molecule has 1 heterocycles. The number of benzene rings is 1. The first-order chi connectivity index (χ1) is 9.09. The van der Waals surface area contributed by atoms with Crippen LogP contribution < -0.4 is 11.1 Å². The van der Waals surface area contributed by atoms with Gasteiger partial charge >= 0.3 is 0 Å². The molecule has 1 amide bonds. The molecule has 4 nitrogen and oxygen atoms in total. The molecule has 19 heavy (non-hydrogen) atoms. The molecule has 0 bridgehead atoms. The van der Waals surface area contributed by atoms with Crippen molar-refractivity contribution < 1.29 is 13.6 Å². The van der Waals surface area contributed by atoms with Crippen LogP contribution in [-0.2, 0) is 4.79 Å². The van der Waals surface area contributed by atoms with Gasteiger partial charge in [-0.15, -0.1) is 0 Å². The molecular weight excluding hydrogens is 252 g/mol. The van der Waals surface area contributed by atoms with Crippen molar-refractivity contribution in [2.75, 3.05) is 12.0 Å². The van der Waals surface area contributed by atoms with E-state index in [9.17, 15) is 13.6 Å². The zero-order valence-corrected chi connectivity index (χ0v) is 10.3. The van der Waals surface area contributed by atoms with Gasteiger partial charge in [0.1, 0.15) is 12.5 Å². The Morgan fingerprint density at radius 2 is 2.37 bits per heavy atom. The Bertz CT molecular complexity index is 506. The monoisotopic (exact) mass is 267 g/mol. The summed E-state index contributed by atoms with van der Waals surface area (Å²) in [6.45, 7) is -1.15. The Balaban J connectivity index is 2.24. The van der Waals surface area contributed by atoms with E-state index >= 15 is 0 Å². The standard InChI is InChI=1S/C13H15F2N3O/c14-7-13(15)5-4-11(18-12(13)16)9-2-1-3-10(6-9)17-8-19/h1-3,6,8,11H,4-5,7H2,(H2,16,18)(H,17,19). The molecule has 0 saturated carbocycles. The van der Waals surface area contributed by atoms with Crippen molar-refractivity contribution in [1.82, 2.24) is 0 Å². The highest BCUT2D eigenvalue weighted by Crippen LogP contribution is 2.34. The van der Waals surface area contributed by atoms with Crippen LogP contribution in [0.3, 0.4) is 0 Å². The van der Waals surface area contributed by atoms with Crippen molar-refractivity contribution in [3.8, 4) is 0 Å². The van der Waals surface area contributed by atoms with E-state index in [1.54, 1.807) is 18.2 Å². The summed E-state index contributed by atoms with van der Waals surface area (Å²) in [5.41, 5.74) is 4.83. The molecule has 2 atom stereocenters. The third kappa shape index (κ3) is 2.72. The number of anilines is 1. The van der Waals surface area contributed by atoms with Crippen molar-refractivity contribution >= 4 is 17.9 Å². The number of aliphatic imine (C=N–C) groups is 1. The number of halogens is 2. The van der Waals surface area contributed by atoms with Gasteiger partial charge in [0, 0.05) is 5.69 Å². The highest BCUT2D eigenvalue weighted by molar-refractivity contribution is 5.90. The number of hydrogen-bond donors (Lipinski definition) is 2. The Labute approximate surface area is 109 Å². The fraction of sp³-hybridized carbons (Fsp3) is 0.385. The molecule has 0 radical (unpaired) electrons. The van der Waals surface area contributed by atoms with Gasteiger partial charge in [-0.3, -0.25) is 9.79 Å². The van der Waals surface area contributed by atoms with E-state index in [2.05, 4.69) is 10.3 Å². The maximum absolute atomic E-state index is 13.9. The minimum atomic E-state index is -2.13. The fourth-order valence-corrected chi connectivity index (χ4v) is 2.12. The number of nitrogens with one attached hydrogen (secondary N) is 1. The molecule has 0 saturated heterocycles. The summed E-state index contributed by atoms with van der Waals surface area (Å²) in [7, 11) is 0. The highest BCUT2D eigenvalue weighted by atomic mass is 19.2. The second-order valence-electron chi connectivity index (χ2n) is 4.56. The van der Waals surface area contributed by atoms with E-state index < -0.39 is 12.3 Å². The lowest BCUT2D eigenvalue weighted by Crippen LogP contribution is -2.44. The van der Waals surface area contributed by atoms with Crippen LogP contribution in [0.2, 0.25) is 0 Å². The van der Waals surface area contributed by atoms with Crippen molar-refractivity contribution in [3.63, 3.8) is 0 Å². The normalized spacial score (nSPS) is 26.6. The molecule has 2 unspecified atom stereocenters. The summed E-state index contributed by atoms with van der Waals surface area (Å²) in [5, 5.41) is 2.53. The zero-order chi connectivity index (χ0) is 13.9. The number of carbonyl (C=O) groups excluding carboxylic acids is 1. The first-order valence-corrected chi connectivity index (χ1v) is 5.98. The molecule has 1 aliphatic rings. The van der Waals surface area contributed by atoms with Crippen LogP contribution in [0.15, 0.2) is 29.3 Å². The van der Waals surface area contributed by atoms with Crippen LogP contribution in [0.25, 0.3) is 0 Å². The molecule has 1 aromatic carbocycles. The van der Waals surface area contributed by atoms with Crippen molar-refractivity contribution in [2.45, 2.75) is 24.6 Å². The van der Waals surface area contributed by atoms with E-state index in [-0.39, 0.29) is 18.3 Å². The second-order valence-corrected chi connectivity index (χ2v) is 4.56. The third-order valence-corrected chi connectivity index (χ3v) is 3.28. The molecule has 102 valence electrons. The smallest absolute Gasteiger partial charge is 0.211 e. The van der Waals surface area contributed by atoms with Crippen LogP contribution in [0, 0.1) is 0 Å². The Morgan fingerprint density at radius 3 is 3.00 bits per heavy atom. The average molecular weight is 267 g/mol. The van der Waals surface area contributed by atoms with Crippen LogP contribution in [0.5, 0.6) is 0 Å². The Kier molecular flexibility index (Phi) is 3.78. The lowest BCUT2D eigenvalue weighted by Gasteiger charge is -2.29. The fourth-order valence-electron chi connectivity index (χ4n) is 2.12. The van der Waals surface area contributed by atoms with Gasteiger partial charge in [-0.2, -0.15) is 0 Å². The van der Waals surface area contributed by atoms with Crippen LogP contribution >= 0.6 is 0 Å².